The number of hydrogen-bond acceptors (Lipinski definition) is 4. The number of aromatic nitrogens is 1. The molecule has 108 valence electrons. The molecular weight excluding hydrogens is 286 g/mol. The molecule has 0 aliphatic carbocycles. The predicted octanol–water partition coefficient (Wildman–Crippen LogP) is 2.19. The Labute approximate surface area is 124 Å². The van der Waals surface area contributed by atoms with E-state index in [1.54, 1.807) is 54.7 Å². The van der Waals surface area contributed by atoms with E-state index in [9.17, 15) is 8.42 Å². The third-order valence-electron chi connectivity index (χ3n) is 2.92. The van der Waals surface area contributed by atoms with E-state index >= 15 is 0 Å². The fourth-order valence-corrected chi connectivity index (χ4v) is 3.31. The fraction of sp³-hybridized carbons (Fsp3) is 0.200. The zero-order chi connectivity index (χ0) is 15.1. The normalized spacial score (nSPS) is 11.2. The predicted molar refractivity (Wildman–Crippen MR) is 78.5 cm³/mol. The first kappa shape index (κ1) is 15.2. The van der Waals surface area contributed by atoms with Gasteiger partial charge in [-0.3, -0.25) is 4.98 Å². The fourth-order valence-electron chi connectivity index (χ4n) is 1.87. The van der Waals surface area contributed by atoms with Crippen LogP contribution in [-0.2, 0) is 16.6 Å². The molecule has 1 heterocycles. The van der Waals surface area contributed by atoms with Gasteiger partial charge in [-0.1, -0.05) is 24.3 Å². The molecule has 0 bridgehead atoms. The van der Waals surface area contributed by atoms with E-state index in [0.29, 0.717) is 5.69 Å². The van der Waals surface area contributed by atoms with Crippen LogP contribution >= 0.6 is 0 Å². The van der Waals surface area contributed by atoms with Gasteiger partial charge in [0, 0.05) is 19.2 Å². The standard InChI is InChI=1S/C15H15N3O2S/c16-10-6-12-18(13-14-7-4-5-11-17-14)21(19,20)15-8-2-1-3-9-15/h1-5,7-9,11H,6,12-13H2. The van der Waals surface area contributed by atoms with Gasteiger partial charge in [0.05, 0.1) is 23.2 Å². The van der Waals surface area contributed by atoms with Gasteiger partial charge >= 0.3 is 0 Å². The summed E-state index contributed by atoms with van der Waals surface area (Å²) in [6, 6.07) is 15.5. The van der Waals surface area contributed by atoms with Crippen LogP contribution in [0.4, 0.5) is 0 Å². The van der Waals surface area contributed by atoms with Crippen molar-refractivity contribution in [2.24, 2.45) is 0 Å². The van der Waals surface area contributed by atoms with Crippen LogP contribution in [0.15, 0.2) is 59.6 Å². The SMILES string of the molecule is N#CCCN(Cc1ccccn1)S(=O)(=O)c1ccccc1. The molecule has 0 atom stereocenters. The number of sulfonamides is 1. The van der Waals surface area contributed by atoms with Gasteiger partial charge in [0.1, 0.15) is 0 Å². The van der Waals surface area contributed by atoms with Gasteiger partial charge in [-0.05, 0) is 24.3 Å². The second kappa shape index (κ2) is 6.97. The molecule has 0 aliphatic rings. The van der Waals surface area contributed by atoms with Crippen molar-refractivity contribution in [3.05, 3.63) is 60.4 Å². The average Bonchev–Trinajstić information content (AvgIpc) is 2.53. The van der Waals surface area contributed by atoms with E-state index in [-0.39, 0.29) is 24.4 Å². The largest absolute Gasteiger partial charge is 0.260 e. The molecule has 0 saturated carbocycles. The van der Waals surface area contributed by atoms with Gasteiger partial charge in [0.15, 0.2) is 0 Å². The lowest BCUT2D eigenvalue weighted by atomic mass is 10.3. The van der Waals surface area contributed by atoms with Crippen molar-refractivity contribution in [2.75, 3.05) is 6.54 Å². The molecule has 1 aromatic carbocycles. The molecule has 0 N–H and O–H groups in total. The summed E-state index contributed by atoms with van der Waals surface area (Å²) in [6.45, 7) is 0.296. The lowest BCUT2D eigenvalue weighted by Gasteiger charge is -2.20. The summed E-state index contributed by atoms with van der Waals surface area (Å²) >= 11 is 0. The monoisotopic (exact) mass is 301 g/mol. The molecule has 0 unspecified atom stereocenters. The van der Waals surface area contributed by atoms with Gasteiger partial charge in [-0.15, -0.1) is 0 Å². The third kappa shape index (κ3) is 3.88. The number of nitrogens with zero attached hydrogens (tertiary/aromatic N) is 3. The van der Waals surface area contributed by atoms with E-state index in [0.717, 1.165) is 0 Å². The van der Waals surface area contributed by atoms with Crippen molar-refractivity contribution < 1.29 is 8.42 Å². The van der Waals surface area contributed by atoms with Crippen LogP contribution in [0.5, 0.6) is 0 Å². The first-order valence-electron chi connectivity index (χ1n) is 6.46. The lowest BCUT2D eigenvalue weighted by Crippen LogP contribution is -2.31. The average molecular weight is 301 g/mol. The van der Waals surface area contributed by atoms with Gasteiger partial charge in [-0.2, -0.15) is 9.57 Å². The van der Waals surface area contributed by atoms with E-state index in [1.165, 1.54) is 4.31 Å². The van der Waals surface area contributed by atoms with Crippen molar-refractivity contribution in [1.29, 1.82) is 5.26 Å². The molecular formula is C15H15N3O2S. The Morgan fingerprint density at radius 2 is 1.81 bits per heavy atom. The van der Waals surface area contributed by atoms with E-state index in [1.807, 2.05) is 6.07 Å². The first-order valence-corrected chi connectivity index (χ1v) is 7.90. The zero-order valence-electron chi connectivity index (χ0n) is 11.4. The second-order valence-corrected chi connectivity index (χ2v) is 6.32. The Bertz CT molecular complexity index is 710. The molecule has 0 aliphatic heterocycles. The number of hydrogen-bond donors (Lipinski definition) is 0. The summed E-state index contributed by atoms with van der Waals surface area (Å²) in [5.74, 6) is 0. The number of rotatable bonds is 6. The molecule has 6 heteroatoms. The molecule has 2 aromatic rings. The quantitative estimate of drug-likeness (QED) is 0.819. The van der Waals surface area contributed by atoms with Gasteiger partial charge in [-0.25, -0.2) is 8.42 Å². The van der Waals surface area contributed by atoms with Gasteiger partial charge < -0.3 is 0 Å². The summed E-state index contributed by atoms with van der Waals surface area (Å²) in [5, 5.41) is 8.73. The second-order valence-electron chi connectivity index (χ2n) is 4.38. The molecule has 0 radical (unpaired) electrons. The lowest BCUT2D eigenvalue weighted by molar-refractivity contribution is 0.409. The first-order chi connectivity index (χ1) is 10.1. The highest BCUT2D eigenvalue weighted by Gasteiger charge is 2.24. The van der Waals surface area contributed by atoms with Crippen LogP contribution < -0.4 is 0 Å². The highest BCUT2D eigenvalue weighted by atomic mass is 32.2. The van der Waals surface area contributed by atoms with Crippen molar-refractivity contribution in [3.63, 3.8) is 0 Å². The molecule has 1 aromatic heterocycles. The van der Waals surface area contributed by atoms with Crippen LogP contribution in [-0.4, -0.2) is 24.3 Å². The molecule has 0 saturated heterocycles. The molecule has 5 nitrogen and oxygen atoms in total. The van der Waals surface area contributed by atoms with E-state index in [2.05, 4.69) is 4.98 Å². The number of benzene rings is 1. The smallest absolute Gasteiger partial charge is 0.243 e. The van der Waals surface area contributed by atoms with E-state index in [4.69, 9.17) is 5.26 Å². The third-order valence-corrected chi connectivity index (χ3v) is 4.78. The Kier molecular flexibility index (Phi) is 5.04. The number of pyridine rings is 1. The maximum absolute atomic E-state index is 12.6. The highest BCUT2D eigenvalue weighted by Crippen LogP contribution is 2.17. The van der Waals surface area contributed by atoms with Crippen LogP contribution in [0.3, 0.4) is 0 Å². The summed E-state index contributed by atoms with van der Waals surface area (Å²) in [5.41, 5.74) is 0.648. The zero-order valence-corrected chi connectivity index (χ0v) is 12.2. The highest BCUT2D eigenvalue weighted by molar-refractivity contribution is 7.89. The Morgan fingerprint density at radius 3 is 2.43 bits per heavy atom. The van der Waals surface area contributed by atoms with Crippen molar-refractivity contribution >= 4 is 10.0 Å². The topological polar surface area (TPSA) is 74.1 Å². The maximum Gasteiger partial charge on any atom is 0.243 e. The molecule has 0 spiro atoms. The van der Waals surface area contributed by atoms with Crippen LogP contribution in [0, 0.1) is 11.3 Å². The Hall–Kier alpha value is -2.23. The van der Waals surface area contributed by atoms with Gasteiger partial charge in [0.25, 0.3) is 0 Å². The molecule has 2 rings (SSSR count). The maximum atomic E-state index is 12.6. The summed E-state index contributed by atoms with van der Waals surface area (Å²) in [7, 11) is -3.63. The molecule has 0 fully saturated rings. The summed E-state index contributed by atoms with van der Waals surface area (Å²) < 4.78 is 26.5. The minimum Gasteiger partial charge on any atom is -0.260 e. The molecule has 0 amide bonds. The summed E-state index contributed by atoms with van der Waals surface area (Å²) in [4.78, 5) is 4.37. The van der Waals surface area contributed by atoms with Gasteiger partial charge in [0.2, 0.25) is 10.0 Å². The van der Waals surface area contributed by atoms with Crippen LogP contribution in [0.2, 0.25) is 0 Å². The van der Waals surface area contributed by atoms with Crippen molar-refractivity contribution in [3.8, 4) is 6.07 Å². The Balaban J connectivity index is 2.30. The summed E-state index contributed by atoms with van der Waals surface area (Å²) in [6.07, 6.45) is 1.76. The van der Waals surface area contributed by atoms with Crippen molar-refractivity contribution in [2.45, 2.75) is 17.9 Å². The Morgan fingerprint density at radius 1 is 1.10 bits per heavy atom. The minimum atomic E-state index is -3.63. The van der Waals surface area contributed by atoms with Crippen LogP contribution in [0.25, 0.3) is 0 Å². The van der Waals surface area contributed by atoms with Crippen molar-refractivity contribution in [1.82, 2.24) is 9.29 Å². The number of nitriles is 1. The molecule has 21 heavy (non-hydrogen) atoms. The minimum absolute atomic E-state index is 0.138. The van der Waals surface area contributed by atoms with Crippen LogP contribution in [0.1, 0.15) is 12.1 Å². The van der Waals surface area contributed by atoms with E-state index < -0.39 is 10.0 Å².